The van der Waals surface area contributed by atoms with Gasteiger partial charge >= 0.3 is 0 Å². The van der Waals surface area contributed by atoms with E-state index in [9.17, 15) is 0 Å². The van der Waals surface area contributed by atoms with Gasteiger partial charge in [0.25, 0.3) is 0 Å². The first-order valence-corrected chi connectivity index (χ1v) is 52.0. The maximum atomic E-state index is 6.05. The molecule has 6 heterocycles. The number of nitrogens with one attached hydrogen (secondary N) is 5. The molecule has 6 aromatic rings. The molecule has 6 aliphatic rings. The van der Waals surface area contributed by atoms with Gasteiger partial charge in [0, 0.05) is 239 Å². The van der Waals surface area contributed by atoms with Crippen LogP contribution in [0.3, 0.4) is 0 Å². The van der Waals surface area contributed by atoms with Gasteiger partial charge in [-0.15, -0.1) is 0 Å². The van der Waals surface area contributed by atoms with Crippen molar-refractivity contribution in [2.75, 3.05) is 279 Å². The van der Waals surface area contributed by atoms with Crippen LogP contribution < -0.4 is 56.7 Å². The summed E-state index contributed by atoms with van der Waals surface area (Å²) < 4.78 is 21.8. The summed E-state index contributed by atoms with van der Waals surface area (Å²) in [6, 6.07) is 42.8. The largest absolute Gasteiger partial charge is 0.492 e. The standard InChI is InChI=1S/C24H40N2O.C20H35N3O.C19H33N3O.2C19H33N3.C14H24N2O/c1-18(2)26-12-8-19(9-13-26)16-20-6-7-22(24(3,4)5)23(17-20)25-21-10-14-27-15-11-21;1-7-16(15-24-6)21-19-14-17(8-9-18(19)20(2,3)4)23-12-10-22(5)11-13-23;1-15(14-23-6)20-18-13-16(7-8-17(18)19(2,3)4)22-11-9-21(5)10-12-22;2*1-15(2)14-20-18-13-16(7-8-17(18)19(3,4)5)22-11-9-21(6)10-12-22;1-14(2,3)12-7-6-11(10-13(12)15)17-9-8-16(4)5/h6-7,17-19,21,25H,8-16H2,1-5H3;8-9,14,16,21H,7,10-13,15H2,1-6H3;7-8,13,15,20H,9-12,14H2,1-6H3;2*7-8,13,15,20H,9-12,14H2,1-6H3;6-7,10H,8-9,15H2,1-5H3. The number of likely N-dealkylation sites (N-methyl/N-ethyl adjacent to an activating group) is 5. The van der Waals surface area contributed by atoms with Gasteiger partial charge in [0.15, 0.2) is 0 Å². The molecule has 135 heavy (non-hydrogen) atoms. The maximum absolute atomic E-state index is 6.05. The molecule has 0 amide bonds. The summed E-state index contributed by atoms with van der Waals surface area (Å²) in [7, 11) is 16.4. The number of nitrogens with two attached hydrogens (primary N) is 1. The topological polar surface area (TPSA) is 155 Å². The first-order chi connectivity index (χ1) is 63.3. The molecule has 6 saturated heterocycles. The van der Waals surface area contributed by atoms with E-state index < -0.39 is 0 Å². The van der Waals surface area contributed by atoms with E-state index in [2.05, 4.69) is 381 Å². The SMILES string of the molecule is CC(C)CNc1cc(N2CCN(C)CC2)ccc1C(C)(C)C.CC(C)CNc1cc(N2CCN(C)CC2)ccc1C(C)(C)C.CC(C)N1CCC(Cc2ccc(C(C)(C)C)c(NC3CCOCC3)c2)CC1.CCC(COC)Nc1cc(N2CCN(C)CC2)ccc1C(C)(C)C.CN(C)CCOc1ccc(C(C)(C)C)c(N)c1.COCC(C)Nc1cc(N2CCN(C)CC2)ccc1C(C)(C)C. The molecule has 6 fully saturated rings. The zero-order chi connectivity index (χ0) is 99.9. The molecular weight excluding hydrogens is 1670 g/mol. The highest BCUT2D eigenvalue weighted by Gasteiger charge is 2.31. The Morgan fingerprint density at radius 3 is 1.10 bits per heavy atom. The van der Waals surface area contributed by atoms with Gasteiger partial charge in [-0.05, 0) is 265 Å². The highest BCUT2D eigenvalue weighted by Crippen LogP contribution is 2.41. The summed E-state index contributed by atoms with van der Waals surface area (Å²) in [5.74, 6) is 2.98. The third-order valence-electron chi connectivity index (χ3n) is 27.2. The van der Waals surface area contributed by atoms with Crippen molar-refractivity contribution in [2.45, 2.75) is 275 Å². The third kappa shape index (κ3) is 39.1. The minimum atomic E-state index is 0.0756. The first kappa shape index (κ1) is 115. The number of rotatable bonds is 28. The van der Waals surface area contributed by atoms with Crippen molar-refractivity contribution in [3.8, 4) is 5.75 Å². The third-order valence-corrected chi connectivity index (χ3v) is 27.2. The first-order valence-electron chi connectivity index (χ1n) is 52.0. The average molecular weight is 1870 g/mol. The Morgan fingerprint density at radius 2 is 0.756 bits per heavy atom. The summed E-state index contributed by atoms with van der Waals surface area (Å²) in [4.78, 5) is 24.3. The molecule has 762 valence electrons. The molecule has 0 spiro atoms. The monoisotopic (exact) mass is 1870 g/mol. The Morgan fingerprint density at radius 1 is 0.407 bits per heavy atom. The Balaban J connectivity index is 0.000000222. The number of piperidine rings is 1. The lowest BCUT2D eigenvalue weighted by atomic mass is 9.83. The number of hydrogen-bond donors (Lipinski definition) is 6. The molecule has 0 radical (unpaired) electrons. The Hall–Kier alpha value is -7.24. The Kier molecular flexibility index (Phi) is 45.9. The molecule has 12 rings (SSSR count). The van der Waals surface area contributed by atoms with Crippen molar-refractivity contribution in [2.24, 2.45) is 17.8 Å². The molecule has 6 aromatic carbocycles. The fourth-order valence-corrected chi connectivity index (χ4v) is 18.4. The molecule has 0 saturated carbocycles. The van der Waals surface area contributed by atoms with Gasteiger partial charge in [0.05, 0.1) is 13.2 Å². The van der Waals surface area contributed by atoms with E-state index in [1.807, 2.05) is 26.2 Å². The van der Waals surface area contributed by atoms with Crippen molar-refractivity contribution in [1.29, 1.82) is 0 Å². The molecule has 20 heteroatoms. The number of piperazine rings is 4. The van der Waals surface area contributed by atoms with Crippen molar-refractivity contribution in [3.63, 3.8) is 0 Å². The Labute approximate surface area is 826 Å². The van der Waals surface area contributed by atoms with E-state index in [1.165, 1.54) is 117 Å². The molecular formula is C115H198N16O4. The van der Waals surface area contributed by atoms with Crippen molar-refractivity contribution in [3.05, 3.63) is 148 Å². The number of nitrogens with zero attached hydrogens (tertiary/aromatic N) is 10. The lowest BCUT2D eigenvalue weighted by molar-refractivity contribution is 0.0904. The molecule has 6 aliphatic heterocycles. The van der Waals surface area contributed by atoms with Crippen LogP contribution in [0, 0.1) is 17.8 Å². The molecule has 2 atom stereocenters. The lowest BCUT2D eigenvalue weighted by Gasteiger charge is -2.35. The number of hydrogen-bond acceptors (Lipinski definition) is 20. The van der Waals surface area contributed by atoms with E-state index in [1.54, 1.807) is 14.2 Å². The molecule has 7 N–H and O–H groups in total. The number of benzene rings is 6. The maximum Gasteiger partial charge on any atom is 0.121 e. The van der Waals surface area contributed by atoms with E-state index in [0.29, 0.717) is 49.2 Å². The van der Waals surface area contributed by atoms with Crippen molar-refractivity contribution in [1.82, 2.24) is 29.4 Å². The second-order valence-electron chi connectivity index (χ2n) is 47.4. The lowest BCUT2D eigenvalue weighted by Crippen LogP contribution is -2.44. The van der Waals surface area contributed by atoms with Crippen LogP contribution in [-0.2, 0) is 53.1 Å². The number of ether oxygens (including phenoxy) is 4. The number of anilines is 10. The van der Waals surface area contributed by atoms with Crippen LogP contribution in [0.4, 0.5) is 56.9 Å². The normalized spacial score (nSPS) is 17.5. The summed E-state index contributed by atoms with van der Waals surface area (Å²) in [6.45, 7) is 86.2. The highest BCUT2D eigenvalue weighted by molar-refractivity contribution is 5.69. The zero-order valence-electron chi connectivity index (χ0n) is 92.2. The van der Waals surface area contributed by atoms with Crippen LogP contribution >= 0.6 is 0 Å². The minimum absolute atomic E-state index is 0.0756. The minimum Gasteiger partial charge on any atom is -0.492 e. The summed E-state index contributed by atoms with van der Waals surface area (Å²) in [6.07, 6.45) is 7.17. The van der Waals surface area contributed by atoms with Gasteiger partial charge in [-0.3, -0.25) is 0 Å². The van der Waals surface area contributed by atoms with Crippen molar-refractivity contribution >= 4 is 56.9 Å². The predicted molar refractivity (Wildman–Crippen MR) is 590 cm³/mol. The van der Waals surface area contributed by atoms with Gasteiger partial charge < -0.3 is 100 Å². The molecule has 0 bridgehead atoms. The quantitative estimate of drug-likeness (QED) is 0.0258. The van der Waals surface area contributed by atoms with E-state index in [-0.39, 0.29) is 32.5 Å². The van der Waals surface area contributed by atoms with Crippen molar-refractivity contribution < 1.29 is 18.9 Å². The summed E-state index contributed by atoms with van der Waals surface area (Å²) in [5, 5.41) is 18.6. The van der Waals surface area contributed by atoms with E-state index >= 15 is 0 Å². The number of nitrogen functional groups attached to an aromatic ring is 1. The van der Waals surface area contributed by atoms with Crippen LogP contribution in [0.5, 0.6) is 5.75 Å². The number of methoxy groups -OCH3 is 2. The average Bonchev–Trinajstić information content (AvgIpc) is 0.823. The molecule has 0 aliphatic carbocycles. The fourth-order valence-electron chi connectivity index (χ4n) is 18.4. The van der Waals surface area contributed by atoms with Crippen LogP contribution in [0.25, 0.3) is 0 Å². The fraction of sp³-hybridized carbons (Fsp3) is 0.687. The molecule has 0 aromatic heterocycles. The van der Waals surface area contributed by atoms with E-state index in [0.717, 1.165) is 186 Å². The molecule has 2 unspecified atom stereocenters. The smallest absolute Gasteiger partial charge is 0.121 e. The van der Waals surface area contributed by atoms with Crippen LogP contribution in [-0.4, -0.2) is 281 Å². The van der Waals surface area contributed by atoms with Gasteiger partial charge in [0.2, 0.25) is 0 Å². The van der Waals surface area contributed by atoms with Gasteiger partial charge in [-0.2, -0.15) is 0 Å². The number of likely N-dealkylation sites (tertiary alicyclic amines) is 1. The predicted octanol–water partition coefficient (Wildman–Crippen LogP) is 22.1. The van der Waals surface area contributed by atoms with Gasteiger partial charge in [-0.25, -0.2) is 0 Å². The zero-order valence-corrected chi connectivity index (χ0v) is 92.2. The summed E-state index contributed by atoms with van der Waals surface area (Å²) in [5.41, 5.74) is 29.1. The highest BCUT2D eigenvalue weighted by atomic mass is 16.5. The second kappa shape index (κ2) is 54.0. The van der Waals surface area contributed by atoms with Crippen LogP contribution in [0.1, 0.15) is 251 Å². The van der Waals surface area contributed by atoms with E-state index in [4.69, 9.17) is 24.7 Å². The second-order valence-corrected chi connectivity index (χ2v) is 47.4. The van der Waals surface area contributed by atoms with Gasteiger partial charge in [0.1, 0.15) is 12.4 Å². The Bertz CT molecular complexity index is 4270. The summed E-state index contributed by atoms with van der Waals surface area (Å²) >= 11 is 0. The van der Waals surface area contributed by atoms with Gasteiger partial charge in [-0.1, -0.05) is 202 Å². The van der Waals surface area contributed by atoms with Crippen LogP contribution in [0.2, 0.25) is 0 Å². The molecule has 20 nitrogen and oxygen atoms in total. The van der Waals surface area contributed by atoms with Crippen LogP contribution in [0.15, 0.2) is 109 Å².